The summed E-state index contributed by atoms with van der Waals surface area (Å²) >= 11 is 0. The average molecular weight is 188 g/mol. The molecule has 0 unspecified atom stereocenters. The molecule has 0 radical (unpaired) electrons. The fraction of sp³-hybridized carbons (Fsp3) is 0.417. The second kappa shape index (κ2) is 2.59. The minimum atomic E-state index is -0.0329. The fourth-order valence-electron chi connectivity index (χ4n) is 2.70. The Morgan fingerprint density at radius 2 is 2.14 bits per heavy atom. The predicted octanol–water partition coefficient (Wildman–Crippen LogP) is 1.89. The lowest BCUT2D eigenvalue weighted by Crippen LogP contribution is -2.11. The lowest BCUT2D eigenvalue weighted by atomic mass is 9.90. The van der Waals surface area contributed by atoms with Crippen molar-refractivity contribution in [3.05, 3.63) is 35.4 Å². The Hall–Kier alpha value is -1.31. The van der Waals surface area contributed by atoms with Gasteiger partial charge >= 0.3 is 5.97 Å². The molecule has 1 aliphatic heterocycles. The Balaban J connectivity index is 2.09. The van der Waals surface area contributed by atoms with E-state index in [4.69, 9.17) is 4.74 Å². The van der Waals surface area contributed by atoms with Gasteiger partial charge in [0.05, 0.1) is 5.92 Å². The summed E-state index contributed by atoms with van der Waals surface area (Å²) in [7, 11) is 0. The summed E-state index contributed by atoms with van der Waals surface area (Å²) < 4.78 is 5.34. The van der Waals surface area contributed by atoms with Crippen molar-refractivity contribution < 1.29 is 9.53 Å². The summed E-state index contributed by atoms with van der Waals surface area (Å²) in [5, 5.41) is 0. The Morgan fingerprint density at radius 1 is 1.36 bits per heavy atom. The molecule has 1 fully saturated rings. The van der Waals surface area contributed by atoms with Crippen molar-refractivity contribution in [2.24, 2.45) is 5.92 Å². The molecule has 2 aliphatic rings. The van der Waals surface area contributed by atoms with Crippen molar-refractivity contribution >= 4 is 5.97 Å². The molecule has 1 aliphatic carbocycles. The van der Waals surface area contributed by atoms with Gasteiger partial charge in [-0.3, -0.25) is 4.79 Å². The molecule has 1 saturated heterocycles. The Labute approximate surface area is 82.9 Å². The molecule has 0 bridgehead atoms. The van der Waals surface area contributed by atoms with Crippen LogP contribution in [0.2, 0.25) is 0 Å². The van der Waals surface area contributed by atoms with E-state index >= 15 is 0 Å². The number of ether oxygens (including phenoxy) is 1. The molecule has 0 saturated carbocycles. The highest BCUT2D eigenvalue weighted by atomic mass is 16.6. The first kappa shape index (κ1) is 8.04. The van der Waals surface area contributed by atoms with Gasteiger partial charge in [-0.1, -0.05) is 31.2 Å². The largest absolute Gasteiger partial charge is 0.461 e. The molecule has 14 heavy (non-hydrogen) atoms. The van der Waals surface area contributed by atoms with Gasteiger partial charge in [-0.15, -0.1) is 0 Å². The van der Waals surface area contributed by atoms with Crippen LogP contribution in [-0.4, -0.2) is 12.1 Å². The van der Waals surface area contributed by atoms with Crippen molar-refractivity contribution in [3.63, 3.8) is 0 Å². The zero-order chi connectivity index (χ0) is 9.71. The number of carbonyl (C=O) groups excluding carboxylic acids is 1. The van der Waals surface area contributed by atoms with E-state index in [1.54, 1.807) is 0 Å². The molecule has 1 heterocycles. The zero-order valence-electron chi connectivity index (χ0n) is 8.07. The van der Waals surface area contributed by atoms with Crippen LogP contribution in [0.25, 0.3) is 0 Å². The van der Waals surface area contributed by atoms with Crippen LogP contribution in [0.15, 0.2) is 24.3 Å². The normalized spacial score (nSPS) is 33.8. The molecule has 2 heteroatoms. The lowest BCUT2D eigenvalue weighted by Gasteiger charge is -2.10. The standard InChI is InChI=1S/C12H12O2/c1-7-11-9-5-3-2-4-8(9)6-10(11)14-12(7)13/h2-5,7,10-11H,6H2,1H3/t7-,10-,11+/m1/s1. The van der Waals surface area contributed by atoms with Crippen LogP contribution in [0.5, 0.6) is 0 Å². The topological polar surface area (TPSA) is 26.3 Å². The van der Waals surface area contributed by atoms with Crippen LogP contribution in [0.4, 0.5) is 0 Å². The Kier molecular flexibility index (Phi) is 1.49. The van der Waals surface area contributed by atoms with E-state index in [2.05, 4.69) is 12.1 Å². The van der Waals surface area contributed by atoms with Gasteiger partial charge in [0.15, 0.2) is 0 Å². The van der Waals surface area contributed by atoms with Crippen LogP contribution in [0.1, 0.15) is 24.0 Å². The van der Waals surface area contributed by atoms with E-state index in [0.29, 0.717) is 5.92 Å². The van der Waals surface area contributed by atoms with E-state index < -0.39 is 0 Å². The molecule has 0 spiro atoms. The smallest absolute Gasteiger partial charge is 0.309 e. The SMILES string of the molecule is C[C@H]1C(=O)O[C@@H]2Cc3ccccc3[C@@H]21. The number of benzene rings is 1. The van der Waals surface area contributed by atoms with Gasteiger partial charge in [0.25, 0.3) is 0 Å². The van der Waals surface area contributed by atoms with E-state index in [1.807, 2.05) is 19.1 Å². The van der Waals surface area contributed by atoms with Crippen LogP contribution in [0.3, 0.4) is 0 Å². The molecule has 3 rings (SSSR count). The van der Waals surface area contributed by atoms with E-state index in [9.17, 15) is 4.79 Å². The van der Waals surface area contributed by atoms with Gasteiger partial charge in [-0.2, -0.15) is 0 Å². The molecule has 0 amide bonds. The third-order valence-corrected chi connectivity index (χ3v) is 3.41. The van der Waals surface area contributed by atoms with Crippen molar-refractivity contribution in [1.82, 2.24) is 0 Å². The summed E-state index contributed by atoms with van der Waals surface area (Å²) in [6, 6.07) is 8.34. The van der Waals surface area contributed by atoms with Gasteiger partial charge in [-0.05, 0) is 11.1 Å². The average Bonchev–Trinajstić information content (AvgIpc) is 2.65. The Bertz CT molecular complexity index is 397. The van der Waals surface area contributed by atoms with Crippen LogP contribution < -0.4 is 0 Å². The van der Waals surface area contributed by atoms with Crippen LogP contribution in [0, 0.1) is 5.92 Å². The molecule has 0 N–H and O–H groups in total. The van der Waals surface area contributed by atoms with Gasteiger partial charge in [-0.25, -0.2) is 0 Å². The molecule has 0 aromatic heterocycles. The third kappa shape index (κ3) is 0.884. The van der Waals surface area contributed by atoms with E-state index in [0.717, 1.165) is 6.42 Å². The maximum absolute atomic E-state index is 11.4. The highest BCUT2D eigenvalue weighted by Gasteiger charge is 2.47. The molecule has 2 nitrogen and oxygen atoms in total. The molecule has 1 aromatic rings. The zero-order valence-corrected chi connectivity index (χ0v) is 8.07. The van der Waals surface area contributed by atoms with Crippen molar-refractivity contribution in [1.29, 1.82) is 0 Å². The number of fused-ring (bicyclic) bond motifs is 3. The third-order valence-electron chi connectivity index (χ3n) is 3.41. The monoisotopic (exact) mass is 188 g/mol. The number of rotatable bonds is 0. The van der Waals surface area contributed by atoms with Gasteiger partial charge < -0.3 is 4.74 Å². The fourth-order valence-corrected chi connectivity index (χ4v) is 2.70. The number of hydrogen-bond acceptors (Lipinski definition) is 2. The van der Waals surface area contributed by atoms with E-state index in [-0.39, 0.29) is 18.0 Å². The van der Waals surface area contributed by atoms with Gasteiger partial charge in [0.2, 0.25) is 0 Å². The van der Waals surface area contributed by atoms with Crippen LogP contribution >= 0.6 is 0 Å². The summed E-state index contributed by atoms with van der Waals surface area (Å²) in [6.07, 6.45) is 1.01. The Morgan fingerprint density at radius 3 is 3.00 bits per heavy atom. The number of hydrogen-bond donors (Lipinski definition) is 0. The lowest BCUT2D eigenvalue weighted by molar-refractivity contribution is -0.143. The van der Waals surface area contributed by atoms with Crippen molar-refractivity contribution in [2.75, 3.05) is 0 Å². The van der Waals surface area contributed by atoms with Crippen LogP contribution in [-0.2, 0) is 16.0 Å². The highest BCUT2D eigenvalue weighted by Crippen LogP contribution is 2.44. The predicted molar refractivity (Wildman–Crippen MR) is 51.9 cm³/mol. The number of esters is 1. The molecular weight excluding hydrogens is 176 g/mol. The second-order valence-corrected chi connectivity index (χ2v) is 4.19. The summed E-state index contributed by atoms with van der Waals surface area (Å²) in [4.78, 5) is 11.4. The van der Waals surface area contributed by atoms with Gasteiger partial charge in [0, 0.05) is 12.3 Å². The quantitative estimate of drug-likeness (QED) is 0.581. The first-order valence-electron chi connectivity index (χ1n) is 5.05. The molecule has 3 atom stereocenters. The van der Waals surface area contributed by atoms with Gasteiger partial charge in [0.1, 0.15) is 6.10 Å². The van der Waals surface area contributed by atoms with Crippen molar-refractivity contribution in [2.45, 2.75) is 25.4 Å². The first-order chi connectivity index (χ1) is 6.77. The molecular formula is C12H12O2. The summed E-state index contributed by atoms with van der Waals surface area (Å²) in [6.45, 7) is 1.97. The highest BCUT2D eigenvalue weighted by molar-refractivity contribution is 5.77. The maximum atomic E-state index is 11.4. The molecule has 1 aromatic carbocycles. The molecule has 72 valence electrons. The maximum Gasteiger partial charge on any atom is 0.309 e. The summed E-state index contributed by atoms with van der Waals surface area (Å²) in [5.41, 5.74) is 2.66. The first-order valence-corrected chi connectivity index (χ1v) is 5.05. The van der Waals surface area contributed by atoms with Crippen molar-refractivity contribution in [3.8, 4) is 0 Å². The minimum Gasteiger partial charge on any atom is -0.461 e. The van der Waals surface area contributed by atoms with E-state index in [1.165, 1.54) is 11.1 Å². The minimum absolute atomic E-state index is 0.0312. The second-order valence-electron chi connectivity index (χ2n) is 4.19. The summed E-state index contributed by atoms with van der Waals surface area (Å²) in [5.74, 6) is 0.303. The number of carbonyl (C=O) groups is 1.